The lowest BCUT2D eigenvalue weighted by Gasteiger charge is -2.26. The average molecular weight is 353 g/mol. The van der Waals surface area contributed by atoms with Gasteiger partial charge in [0.15, 0.2) is 0 Å². The molecule has 1 atom stereocenters. The zero-order chi connectivity index (χ0) is 10.8. The van der Waals surface area contributed by atoms with Crippen LogP contribution in [-0.2, 0) is 0 Å². The van der Waals surface area contributed by atoms with Gasteiger partial charge >= 0.3 is 0 Å². The van der Waals surface area contributed by atoms with Crippen LogP contribution >= 0.6 is 43.2 Å². The molecule has 0 bridgehead atoms. The Morgan fingerprint density at radius 2 is 1.93 bits per heavy atom. The molecular weight excluding hydrogens is 338 g/mol. The molecule has 0 saturated heterocycles. The molecule has 1 nitrogen and oxygen atoms in total. The molecule has 15 heavy (non-hydrogen) atoms. The van der Waals surface area contributed by atoms with Gasteiger partial charge < -0.3 is 5.73 Å². The quantitative estimate of drug-likeness (QED) is 0.808. The van der Waals surface area contributed by atoms with Crippen LogP contribution in [0.3, 0.4) is 0 Å². The third-order valence-corrected chi connectivity index (χ3v) is 6.51. The minimum absolute atomic E-state index is 0.234. The van der Waals surface area contributed by atoms with E-state index in [2.05, 4.69) is 37.9 Å². The monoisotopic (exact) mass is 351 g/mol. The van der Waals surface area contributed by atoms with E-state index in [1.807, 2.05) is 0 Å². The van der Waals surface area contributed by atoms with Crippen molar-refractivity contribution < 1.29 is 0 Å². The largest absolute Gasteiger partial charge is 0.323 e. The first-order valence-corrected chi connectivity index (χ1v) is 7.79. The Labute approximate surface area is 112 Å². The van der Waals surface area contributed by atoms with Crippen molar-refractivity contribution in [1.29, 1.82) is 0 Å². The Hall–Kier alpha value is 0.620. The number of hydrogen-bond acceptors (Lipinski definition) is 2. The van der Waals surface area contributed by atoms with Crippen molar-refractivity contribution in [3.05, 3.63) is 19.2 Å². The summed E-state index contributed by atoms with van der Waals surface area (Å²) < 4.78 is 2.29. The molecule has 0 spiro atoms. The molecular formula is C11H15Br2NS. The van der Waals surface area contributed by atoms with Crippen LogP contribution in [0.25, 0.3) is 0 Å². The topological polar surface area (TPSA) is 26.0 Å². The normalized spacial score (nSPS) is 20.5. The van der Waals surface area contributed by atoms with Crippen LogP contribution in [0.2, 0.25) is 0 Å². The predicted molar refractivity (Wildman–Crippen MR) is 73.2 cm³/mol. The maximum atomic E-state index is 6.32. The first-order chi connectivity index (χ1) is 7.18. The van der Waals surface area contributed by atoms with Crippen LogP contribution in [0, 0.1) is 5.92 Å². The van der Waals surface area contributed by atoms with Gasteiger partial charge in [-0.25, -0.2) is 0 Å². The predicted octanol–water partition coefficient (Wildman–Crippen LogP) is 4.85. The molecule has 1 saturated carbocycles. The fraction of sp³-hybridized carbons (Fsp3) is 0.636. The van der Waals surface area contributed by atoms with Gasteiger partial charge in [-0.2, -0.15) is 0 Å². The summed E-state index contributed by atoms with van der Waals surface area (Å²) in [5.41, 5.74) is 6.32. The summed E-state index contributed by atoms with van der Waals surface area (Å²) in [5, 5.41) is 0. The Morgan fingerprint density at radius 3 is 2.47 bits per heavy atom. The minimum Gasteiger partial charge on any atom is -0.323 e. The first-order valence-electron chi connectivity index (χ1n) is 5.39. The smallest absolute Gasteiger partial charge is 0.0843 e. The van der Waals surface area contributed by atoms with Crippen LogP contribution < -0.4 is 5.73 Å². The van der Waals surface area contributed by atoms with Crippen LogP contribution in [0.15, 0.2) is 14.3 Å². The Balaban J connectivity index is 2.08. The summed E-state index contributed by atoms with van der Waals surface area (Å²) in [7, 11) is 0. The second-order valence-corrected chi connectivity index (χ2v) is 7.45. The van der Waals surface area contributed by atoms with E-state index in [0.29, 0.717) is 5.92 Å². The average Bonchev–Trinajstić information content (AvgIpc) is 2.59. The molecule has 2 rings (SSSR count). The van der Waals surface area contributed by atoms with Crippen molar-refractivity contribution in [2.45, 2.75) is 38.1 Å². The van der Waals surface area contributed by atoms with Crippen LogP contribution in [0.4, 0.5) is 0 Å². The Morgan fingerprint density at radius 1 is 1.27 bits per heavy atom. The van der Waals surface area contributed by atoms with Crippen molar-refractivity contribution >= 4 is 43.2 Å². The van der Waals surface area contributed by atoms with E-state index in [-0.39, 0.29) is 6.04 Å². The van der Waals surface area contributed by atoms with Crippen molar-refractivity contribution in [1.82, 2.24) is 0 Å². The highest BCUT2D eigenvalue weighted by Gasteiger charge is 2.23. The third kappa shape index (κ3) is 2.84. The fourth-order valence-corrected chi connectivity index (χ4v) is 4.44. The van der Waals surface area contributed by atoms with E-state index in [9.17, 15) is 0 Å². The lowest BCUT2D eigenvalue weighted by Crippen LogP contribution is -2.22. The van der Waals surface area contributed by atoms with Gasteiger partial charge in [0.2, 0.25) is 0 Å². The van der Waals surface area contributed by atoms with Gasteiger partial charge in [-0.1, -0.05) is 19.3 Å². The van der Waals surface area contributed by atoms with E-state index in [0.717, 1.165) is 8.26 Å². The van der Waals surface area contributed by atoms with Gasteiger partial charge in [-0.3, -0.25) is 0 Å². The van der Waals surface area contributed by atoms with Gasteiger partial charge in [-0.15, -0.1) is 11.3 Å². The van der Waals surface area contributed by atoms with Crippen molar-refractivity contribution in [2.24, 2.45) is 11.7 Å². The number of halogens is 2. The van der Waals surface area contributed by atoms with Crippen molar-refractivity contribution in [3.63, 3.8) is 0 Å². The van der Waals surface area contributed by atoms with E-state index < -0.39 is 0 Å². The van der Waals surface area contributed by atoms with Crippen molar-refractivity contribution in [3.8, 4) is 0 Å². The van der Waals surface area contributed by atoms with Gasteiger partial charge in [0.25, 0.3) is 0 Å². The summed E-state index contributed by atoms with van der Waals surface area (Å²) in [5.74, 6) is 0.691. The lowest BCUT2D eigenvalue weighted by atomic mass is 9.84. The van der Waals surface area contributed by atoms with Crippen LogP contribution in [-0.4, -0.2) is 0 Å². The van der Waals surface area contributed by atoms with Crippen LogP contribution in [0.1, 0.15) is 43.0 Å². The van der Waals surface area contributed by atoms with E-state index >= 15 is 0 Å². The van der Waals surface area contributed by atoms with Gasteiger partial charge in [-0.05, 0) is 56.7 Å². The molecule has 1 fully saturated rings. The molecule has 2 N–H and O–H groups in total. The highest BCUT2D eigenvalue weighted by molar-refractivity contribution is 9.13. The number of thiophene rings is 1. The Kier molecular flexibility index (Phi) is 4.27. The molecule has 1 aromatic heterocycles. The summed E-state index contributed by atoms with van der Waals surface area (Å²) >= 11 is 8.80. The zero-order valence-electron chi connectivity index (χ0n) is 8.51. The molecule has 0 amide bonds. The standard InChI is InChI=1S/C11H15Br2NS/c12-8-6-9(15-11(8)13)10(14)7-4-2-1-3-5-7/h6-7,10H,1-5,14H2/t10-/m1/s1. The molecule has 0 unspecified atom stereocenters. The molecule has 0 aromatic carbocycles. The highest BCUT2D eigenvalue weighted by Crippen LogP contribution is 2.40. The van der Waals surface area contributed by atoms with Gasteiger partial charge in [0.05, 0.1) is 3.79 Å². The fourth-order valence-electron chi connectivity index (χ4n) is 2.25. The number of nitrogens with two attached hydrogens (primary N) is 1. The van der Waals surface area contributed by atoms with Gasteiger partial charge in [0.1, 0.15) is 0 Å². The van der Waals surface area contributed by atoms with E-state index in [4.69, 9.17) is 5.73 Å². The lowest BCUT2D eigenvalue weighted by molar-refractivity contribution is 0.310. The molecule has 84 valence electrons. The number of hydrogen-bond donors (Lipinski definition) is 1. The molecule has 0 aliphatic heterocycles. The summed E-state index contributed by atoms with van der Waals surface area (Å²) in [6.45, 7) is 0. The molecule has 4 heteroatoms. The zero-order valence-corrected chi connectivity index (χ0v) is 12.5. The summed E-state index contributed by atoms with van der Waals surface area (Å²) in [4.78, 5) is 1.31. The SMILES string of the molecule is N[C@@H](c1cc(Br)c(Br)s1)C1CCCCC1. The van der Waals surface area contributed by atoms with Crippen molar-refractivity contribution in [2.75, 3.05) is 0 Å². The maximum Gasteiger partial charge on any atom is 0.0843 e. The Bertz CT molecular complexity index is 312. The van der Waals surface area contributed by atoms with E-state index in [1.54, 1.807) is 11.3 Å². The van der Waals surface area contributed by atoms with E-state index in [1.165, 1.54) is 37.0 Å². The summed E-state index contributed by atoms with van der Waals surface area (Å²) in [6.07, 6.45) is 6.70. The van der Waals surface area contributed by atoms with Crippen LogP contribution in [0.5, 0.6) is 0 Å². The molecule has 0 radical (unpaired) electrons. The highest BCUT2D eigenvalue weighted by atomic mass is 79.9. The first kappa shape index (κ1) is 12.1. The second kappa shape index (κ2) is 5.30. The second-order valence-electron chi connectivity index (χ2n) is 4.19. The summed E-state index contributed by atoms with van der Waals surface area (Å²) in [6, 6.07) is 2.39. The molecule has 1 aromatic rings. The number of rotatable bonds is 2. The minimum atomic E-state index is 0.234. The molecule has 1 aliphatic rings. The molecule has 1 aliphatic carbocycles. The van der Waals surface area contributed by atoms with Gasteiger partial charge in [0, 0.05) is 15.4 Å². The molecule has 1 heterocycles. The third-order valence-electron chi connectivity index (χ3n) is 3.15. The maximum absolute atomic E-state index is 6.32.